The first-order chi connectivity index (χ1) is 9.21. The third kappa shape index (κ3) is 5.39. The van der Waals surface area contributed by atoms with Crippen LogP contribution in [0.15, 0.2) is 18.2 Å². The van der Waals surface area contributed by atoms with Crippen molar-refractivity contribution in [3.8, 4) is 11.5 Å². The lowest BCUT2D eigenvalue weighted by atomic mass is 10.1. The lowest BCUT2D eigenvalue weighted by molar-refractivity contribution is -0.120. The number of hydrogen-bond acceptors (Lipinski definition) is 3. The number of methoxy groups -OCH3 is 1. The molecule has 0 aliphatic heterocycles. The Morgan fingerprint density at radius 2 is 2.16 bits per heavy atom. The molecule has 0 unspecified atom stereocenters. The zero-order valence-corrected chi connectivity index (χ0v) is 12.1. The Labute approximate surface area is 119 Å². The van der Waals surface area contributed by atoms with Gasteiger partial charge in [-0.25, -0.2) is 0 Å². The minimum absolute atomic E-state index is 0.0199. The van der Waals surface area contributed by atoms with Crippen molar-refractivity contribution in [1.82, 2.24) is 5.32 Å². The van der Waals surface area contributed by atoms with Gasteiger partial charge in [0.05, 0.1) is 13.7 Å². The van der Waals surface area contributed by atoms with E-state index >= 15 is 0 Å². The van der Waals surface area contributed by atoms with Gasteiger partial charge in [0.1, 0.15) is 0 Å². The molecule has 19 heavy (non-hydrogen) atoms. The zero-order chi connectivity index (χ0) is 14.1. The van der Waals surface area contributed by atoms with Gasteiger partial charge in [0.2, 0.25) is 5.91 Å². The van der Waals surface area contributed by atoms with E-state index in [1.165, 1.54) is 0 Å². The topological polar surface area (TPSA) is 47.6 Å². The van der Waals surface area contributed by atoms with Crippen molar-refractivity contribution in [3.05, 3.63) is 23.8 Å². The predicted molar refractivity (Wildman–Crippen MR) is 76.2 cm³/mol. The van der Waals surface area contributed by atoms with Crippen LogP contribution in [0.3, 0.4) is 0 Å². The maximum absolute atomic E-state index is 11.3. The molecule has 0 fully saturated rings. The van der Waals surface area contributed by atoms with E-state index < -0.39 is 0 Å². The van der Waals surface area contributed by atoms with Crippen molar-refractivity contribution in [3.63, 3.8) is 0 Å². The van der Waals surface area contributed by atoms with Gasteiger partial charge in [0.25, 0.3) is 0 Å². The van der Waals surface area contributed by atoms with Gasteiger partial charge in [-0.3, -0.25) is 4.79 Å². The molecule has 1 aromatic rings. The van der Waals surface area contributed by atoms with Gasteiger partial charge >= 0.3 is 0 Å². The van der Waals surface area contributed by atoms with Crippen LogP contribution >= 0.6 is 11.6 Å². The van der Waals surface area contributed by atoms with Crippen LogP contribution in [0.4, 0.5) is 0 Å². The summed E-state index contributed by atoms with van der Waals surface area (Å²) in [5.41, 5.74) is 1.09. The summed E-state index contributed by atoms with van der Waals surface area (Å²) in [4.78, 5) is 11.3. The fourth-order valence-electron chi connectivity index (χ4n) is 1.67. The molecule has 0 atom stereocenters. The summed E-state index contributed by atoms with van der Waals surface area (Å²) < 4.78 is 10.7. The average Bonchev–Trinajstić information content (AvgIpc) is 2.40. The number of alkyl halides is 1. The summed E-state index contributed by atoms with van der Waals surface area (Å²) in [7, 11) is 1.61. The van der Waals surface area contributed by atoms with E-state index in [1.54, 1.807) is 7.11 Å². The van der Waals surface area contributed by atoms with E-state index in [9.17, 15) is 4.79 Å². The maximum atomic E-state index is 11.3. The molecule has 1 aromatic carbocycles. The second kappa shape index (κ2) is 8.64. The van der Waals surface area contributed by atoms with Crippen molar-refractivity contribution in [2.45, 2.75) is 19.8 Å². The Balaban J connectivity index is 2.54. The highest BCUT2D eigenvalue weighted by Gasteiger charge is 2.06. The summed E-state index contributed by atoms with van der Waals surface area (Å²) in [6.45, 7) is 3.11. The Morgan fingerprint density at radius 1 is 1.37 bits per heavy atom. The van der Waals surface area contributed by atoms with Crippen LogP contribution in [0, 0.1) is 0 Å². The standard InChI is InChI=1S/C14H20ClNO3/c1-3-19-13-10-11(4-5-12(13)18-2)7-9-16-14(17)6-8-15/h4-5,10H,3,6-9H2,1-2H3,(H,16,17). The van der Waals surface area contributed by atoms with Gasteiger partial charge in [0.15, 0.2) is 11.5 Å². The maximum Gasteiger partial charge on any atom is 0.221 e. The predicted octanol–water partition coefficient (Wildman–Crippen LogP) is 2.38. The van der Waals surface area contributed by atoms with Crippen LogP contribution in [0.1, 0.15) is 18.9 Å². The Morgan fingerprint density at radius 3 is 2.79 bits per heavy atom. The first kappa shape index (κ1) is 15.6. The van der Waals surface area contributed by atoms with E-state index in [-0.39, 0.29) is 5.91 Å². The number of amides is 1. The highest BCUT2D eigenvalue weighted by atomic mass is 35.5. The van der Waals surface area contributed by atoms with E-state index in [4.69, 9.17) is 21.1 Å². The Bertz CT molecular complexity index is 410. The van der Waals surface area contributed by atoms with Crippen LogP contribution in [-0.4, -0.2) is 32.0 Å². The van der Waals surface area contributed by atoms with Crippen LogP contribution in [-0.2, 0) is 11.2 Å². The van der Waals surface area contributed by atoms with Crippen LogP contribution in [0.5, 0.6) is 11.5 Å². The van der Waals surface area contributed by atoms with E-state index in [1.807, 2.05) is 25.1 Å². The molecule has 1 N–H and O–H groups in total. The van der Waals surface area contributed by atoms with Crippen molar-refractivity contribution in [1.29, 1.82) is 0 Å². The summed E-state index contributed by atoms with van der Waals surface area (Å²) in [6, 6.07) is 5.78. The highest BCUT2D eigenvalue weighted by molar-refractivity contribution is 6.18. The molecule has 0 bridgehead atoms. The zero-order valence-electron chi connectivity index (χ0n) is 11.4. The monoisotopic (exact) mass is 285 g/mol. The lowest BCUT2D eigenvalue weighted by Gasteiger charge is -2.11. The fourth-order valence-corrected chi connectivity index (χ4v) is 1.84. The van der Waals surface area contributed by atoms with Crippen molar-refractivity contribution in [2.24, 2.45) is 0 Å². The molecule has 0 radical (unpaired) electrons. The van der Waals surface area contributed by atoms with E-state index in [2.05, 4.69) is 5.32 Å². The number of carbonyl (C=O) groups is 1. The van der Waals surface area contributed by atoms with Crippen molar-refractivity contribution in [2.75, 3.05) is 26.1 Å². The number of nitrogens with one attached hydrogen (secondary N) is 1. The largest absolute Gasteiger partial charge is 0.493 e. The first-order valence-electron chi connectivity index (χ1n) is 6.33. The first-order valence-corrected chi connectivity index (χ1v) is 6.87. The summed E-state index contributed by atoms with van der Waals surface area (Å²) >= 11 is 5.49. The molecule has 0 heterocycles. The molecule has 0 aromatic heterocycles. The van der Waals surface area contributed by atoms with Gasteiger partial charge in [-0.2, -0.15) is 0 Å². The second-order valence-corrected chi connectivity index (χ2v) is 4.34. The van der Waals surface area contributed by atoms with Gasteiger partial charge < -0.3 is 14.8 Å². The normalized spacial score (nSPS) is 10.1. The third-order valence-corrected chi connectivity index (χ3v) is 2.77. The minimum atomic E-state index is -0.0199. The lowest BCUT2D eigenvalue weighted by Crippen LogP contribution is -2.25. The van der Waals surface area contributed by atoms with Gasteiger partial charge in [0, 0.05) is 18.8 Å². The number of ether oxygens (including phenoxy) is 2. The number of hydrogen-bond donors (Lipinski definition) is 1. The van der Waals surface area contributed by atoms with E-state index in [0.29, 0.717) is 25.5 Å². The number of benzene rings is 1. The molecule has 0 aliphatic rings. The molecule has 1 rings (SSSR count). The highest BCUT2D eigenvalue weighted by Crippen LogP contribution is 2.28. The summed E-state index contributed by atoms with van der Waals surface area (Å²) in [5.74, 6) is 1.78. The third-order valence-electron chi connectivity index (χ3n) is 2.59. The molecular formula is C14H20ClNO3. The van der Waals surface area contributed by atoms with E-state index in [0.717, 1.165) is 23.5 Å². The molecule has 1 amide bonds. The minimum Gasteiger partial charge on any atom is -0.493 e. The quantitative estimate of drug-likeness (QED) is 0.746. The number of rotatable bonds is 8. The van der Waals surface area contributed by atoms with Crippen LogP contribution in [0.2, 0.25) is 0 Å². The summed E-state index contributed by atoms with van der Waals surface area (Å²) in [6.07, 6.45) is 1.10. The number of carbonyl (C=O) groups excluding carboxylic acids is 1. The van der Waals surface area contributed by atoms with Crippen molar-refractivity contribution < 1.29 is 14.3 Å². The molecule has 0 spiro atoms. The smallest absolute Gasteiger partial charge is 0.221 e. The SMILES string of the molecule is CCOc1cc(CCNC(=O)CCCl)ccc1OC. The molecule has 0 saturated heterocycles. The van der Waals surface area contributed by atoms with Gasteiger partial charge in [-0.05, 0) is 31.0 Å². The average molecular weight is 286 g/mol. The molecule has 4 nitrogen and oxygen atoms in total. The van der Waals surface area contributed by atoms with Crippen LogP contribution in [0.25, 0.3) is 0 Å². The van der Waals surface area contributed by atoms with Crippen LogP contribution < -0.4 is 14.8 Å². The molecule has 106 valence electrons. The molecule has 5 heteroatoms. The molecule has 0 aliphatic carbocycles. The summed E-state index contributed by atoms with van der Waals surface area (Å²) in [5, 5.41) is 2.82. The van der Waals surface area contributed by atoms with Gasteiger partial charge in [-0.1, -0.05) is 6.07 Å². The fraction of sp³-hybridized carbons (Fsp3) is 0.500. The second-order valence-electron chi connectivity index (χ2n) is 3.96. The van der Waals surface area contributed by atoms with Crippen molar-refractivity contribution >= 4 is 17.5 Å². The number of halogens is 1. The molecular weight excluding hydrogens is 266 g/mol. The Hall–Kier alpha value is -1.42. The Kier molecular flexibility index (Phi) is 7.11. The van der Waals surface area contributed by atoms with Gasteiger partial charge in [-0.15, -0.1) is 11.6 Å². The molecule has 0 saturated carbocycles.